The molecule has 0 bridgehead atoms. The molecule has 0 fully saturated rings. The highest BCUT2D eigenvalue weighted by Gasteiger charge is 2.20. The number of anilines is 1. The van der Waals surface area contributed by atoms with Crippen molar-refractivity contribution in [2.45, 2.75) is 13.0 Å². The molecule has 5 nitrogen and oxygen atoms in total. The van der Waals surface area contributed by atoms with Gasteiger partial charge in [-0.3, -0.25) is 4.79 Å². The Bertz CT molecular complexity index is 871. The first kappa shape index (κ1) is 16.3. The monoisotopic (exact) mass is 386 g/mol. The molecule has 0 spiro atoms. The Labute approximate surface area is 147 Å². The summed E-state index contributed by atoms with van der Waals surface area (Å²) in [7, 11) is 0. The Balaban J connectivity index is 1.65. The van der Waals surface area contributed by atoms with E-state index < -0.39 is 18.0 Å². The molecule has 1 amide bonds. The topological polar surface area (TPSA) is 71.2 Å². The van der Waals surface area contributed by atoms with E-state index in [0.29, 0.717) is 11.4 Å². The lowest BCUT2D eigenvalue weighted by Gasteiger charge is -2.13. The van der Waals surface area contributed by atoms with Crippen LogP contribution < -0.4 is 5.32 Å². The average molecular weight is 387 g/mol. The van der Waals surface area contributed by atoms with Crippen LogP contribution in [0.4, 0.5) is 5.69 Å². The molecule has 2 N–H and O–H groups in total. The van der Waals surface area contributed by atoms with Gasteiger partial charge in [-0.15, -0.1) is 0 Å². The minimum Gasteiger partial charge on any atom is -0.448 e. The Morgan fingerprint density at radius 3 is 2.67 bits per heavy atom. The van der Waals surface area contributed by atoms with E-state index in [-0.39, 0.29) is 0 Å². The maximum atomic E-state index is 12.2. The molecule has 0 saturated carbocycles. The van der Waals surface area contributed by atoms with E-state index in [2.05, 4.69) is 26.2 Å². The predicted molar refractivity (Wildman–Crippen MR) is 95.9 cm³/mol. The number of hydrogen-bond acceptors (Lipinski definition) is 3. The number of aromatic nitrogens is 1. The van der Waals surface area contributed by atoms with Crippen molar-refractivity contribution in [3.8, 4) is 0 Å². The summed E-state index contributed by atoms with van der Waals surface area (Å²) in [6.07, 6.45) is -0.914. The standard InChI is InChI=1S/C18H15BrN2O3/c1-11(17(22)20-14-7-4-6-13(19)10-14)24-18(23)16-9-12-5-2-3-8-15(12)21-16/h2-11,21H,1H3,(H,20,22)/t11-/m1/s1. The summed E-state index contributed by atoms with van der Waals surface area (Å²) in [6, 6.07) is 16.4. The van der Waals surface area contributed by atoms with Crippen molar-refractivity contribution in [3.63, 3.8) is 0 Å². The summed E-state index contributed by atoms with van der Waals surface area (Å²) < 4.78 is 6.09. The van der Waals surface area contributed by atoms with Gasteiger partial charge in [0.1, 0.15) is 5.69 Å². The molecular weight excluding hydrogens is 372 g/mol. The number of para-hydroxylation sites is 1. The largest absolute Gasteiger partial charge is 0.448 e. The van der Waals surface area contributed by atoms with Crippen molar-refractivity contribution in [1.29, 1.82) is 0 Å². The van der Waals surface area contributed by atoms with Crippen LogP contribution >= 0.6 is 15.9 Å². The van der Waals surface area contributed by atoms with Crippen LogP contribution in [0.15, 0.2) is 59.1 Å². The minimum atomic E-state index is -0.914. The number of fused-ring (bicyclic) bond motifs is 1. The zero-order valence-corrected chi connectivity index (χ0v) is 14.5. The van der Waals surface area contributed by atoms with Gasteiger partial charge in [0, 0.05) is 21.1 Å². The Morgan fingerprint density at radius 2 is 1.92 bits per heavy atom. The number of rotatable bonds is 4. The normalized spacial score (nSPS) is 11.9. The highest BCUT2D eigenvalue weighted by Crippen LogP contribution is 2.17. The van der Waals surface area contributed by atoms with E-state index in [0.717, 1.165) is 15.4 Å². The second kappa shape index (κ2) is 6.88. The Morgan fingerprint density at radius 1 is 1.12 bits per heavy atom. The third kappa shape index (κ3) is 3.65. The van der Waals surface area contributed by atoms with Crippen molar-refractivity contribution in [3.05, 3.63) is 64.8 Å². The van der Waals surface area contributed by atoms with Gasteiger partial charge in [-0.2, -0.15) is 0 Å². The molecule has 1 aromatic heterocycles. The average Bonchev–Trinajstić information content (AvgIpc) is 2.99. The first-order valence-electron chi connectivity index (χ1n) is 7.38. The van der Waals surface area contributed by atoms with Crippen molar-refractivity contribution in [2.24, 2.45) is 0 Å². The molecule has 0 radical (unpaired) electrons. The fourth-order valence-corrected chi connectivity index (χ4v) is 2.67. The summed E-state index contributed by atoms with van der Waals surface area (Å²) in [5.41, 5.74) is 1.79. The molecule has 3 rings (SSSR count). The summed E-state index contributed by atoms with van der Waals surface area (Å²) in [5, 5.41) is 3.62. The number of amides is 1. The zero-order valence-electron chi connectivity index (χ0n) is 12.9. The molecule has 6 heteroatoms. The smallest absolute Gasteiger partial charge is 0.355 e. The van der Waals surface area contributed by atoms with E-state index >= 15 is 0 Å². The number of esters is 1. The van der Waals surface area contributed by atoms with Crippen molar-refractivity contribution >= 4 is 44.4 Å². The van der Waals surface area contributed by atoms with Crippen LogP contribution in [0.2, 0.25) is 0 Å². The van der Waals surface area contributed by atoms with Gasteiger partial charge in [0.25, 0.3) is 5.91 Å². The molecule has 3 aromatic rings. The number of nitrogens with one attached hydrogen (secondary N) is 2. The number of ether oxygens (including phenoxy) is 1. The van der Waals surface area contributed by atoms with Crippen LogP contribution in [0.1, 0.15) is 17.4 Å². The first-order chi connectivity index (χ1) is 11.5. The molecule has 1 heterocycles. The first-order valence-corrected chi connectivity index (χ1v) is 8.17. The second-order valence-electron chi connectivity index (χ2n) is 5.32. The summed E-state index contributed by atoms with van der Waals surface area (Å²) in [6.45, 7) is 1.54. The van der Waals surface area contributed by atoms with Gasteiger partial charge in [0.15, 0.2) is 6.10 Å². The number of carbonyl (C=O) groups is 2. The minimum absolute atomic E-state index is 0.318. The molecular formula is C18H15BrN2O3. The van der Waals surface area contributed by atoms with E-state index in [1.807, 2.05) is 30.3 Å². The lowest BCUT2D eigenvalue weighted by Crippen LogP contribution is -2.30. The molecule has 2 aromatic carbocycles. The van der Waals surface area contributed by atoms with Crippen LogP contribution in [-0.2, 0) is 9.53 Å². The Kier molecular flexibility index (Phi) is 4.66. The van der Waals surface area contributed by atoms with E-state index in [4.69, 9.17) is 4.74 Å². The number of halogens is 1. The quantitative estimate of drug-likeness (QED) is 0.662. The van der Waals surface area contributed by atoms with E-state index in [9.17, 15) is 9.59 Å². The van der Waals surface area contributed by atoms with Gasteiger partial charge < -0.3 is 15.0 Å². The van der Waals surface area contributed by atoms with Crippen LogP contribution in [-0.4, -0.2) is 23.0 Å². The van der Waals surface area contributed by atoms with Crippen LogP contribution in [0.25, 0.3) is 10.9 Å². The van der Waals surface area contributed by atoms with Crippen molar-refractivity contribution < 1.29 is 14.3 Å². The van der Waals surface area contributed by atoms with E-state index in [1.165, 1.54) is 6.92 Å². The molecule has 0 aliphatic heterocycles. The lowest BCUT2D eigenvalue weighted by molar-refractivity contribution is -0.123. The van der Waals surface area contributed by atoms with Crippen molar-refractivity contribution in [2.75, 3.05) is 5.32 Å². The SMILES string of the molecule is C[C@@H](OC(=O)c1cc2ccccc2[nH]1)C(=O)Nc1cccc(Br)c1. The molecule has 0 saturated heterocycles. The maximum Gasteiger partial charge on any atom is 0.355 e. The molecule has 122 valence electrons. The summed E-state index contributed by atoms with van der Waals surface area (Å²) >= 11 is 3.34. The molecule has 1 atom stereocenters. The van der Waals surface area contributed by atoms with Crippen molar-refractivity contribution in [1.82, 2.24) is 4.98 Å². The fraction of sp³-hybridized carbons (Fsp3) is 0.111. The third-order valence-electron chi connectivity index (χ3n) is 3.50. The number of aromatic amines is 1. The van der Waals surface area contributed by atoms with Gasteiger partial charge in [-0.25, -0.2) is 4.79 Å². The predicted octanol–water partition coefficient (Wildman–Crippen LogP) is 4.11. The number of carbonyl (C=O) groups excluding carboxylic acids is 2. The lowest BCUT2D eigenvalue weighted by atomic mass is 10.2. The molecule has 0 aliphatic carbocycles. The highest BCUT2D eigenvalue weighted by atomic mass is 79.9. The van der Waals surface area contributed by atoms with Gasteiger partial charge in [-0.05, 0) is 37.3 Å². The number of hydrogen-bond donors (Lipinski definition) is 2. The van der Waals surface area contributed by atoms with Crippen LogP contribution in [0.5, 0.6) is 0 Å². The highest BCUT2D eigenvalue weighted by molar-refractivity contribution is 9.10. The summed E-state index contributed by atoms with van der Waals surface area (Å²) in [4.78, 5) is 27.3. The molecule has 24 heavy (non-hydrogen) atoms. The maximum absolute atomic E-state index is 12.2. The van der Waals surface area contributed by atoms with E-state index in [1.54, 1.807) is 24.3 Å². The third-order valence-corrected chi connectivity index (χ3v) is 3.99. The molecule has 0 aliphatic rings. The van der Waals surface area contributed by atoms with Crippen LogP contribution in [0.3, 0.4) is 0 Å². The van der Waals surface area contributed by atoms with Gasteiger partial charge in [-0.1, -0.05) is 40.2 Å². The number of benzene rings is 2. The van der Waals surface area contributed by atoms with Gasteiger partial charge in [0.2, 0.25) is 0 Å². The zero-order chi connectivity index (χ0) is 17.1. The fourth-order valence-electron chi connectivity index (χ4n) is 2.27. The summed E-state index contributed by atoms with van der Waals surface area (Å²) in [5.74, 6) is -0.958. The Hall–Kier alpha value is -2.60. The van der Waals surface area contributed by atoms with Gasteiger partial charge in [0.05, 0.1) is 0 Å². The second-order valence-corrected chi connectivity index (χ2v) is 6.23. The molecule has 0 unspecified atom stereocenters. The number of H-pyrrole nitrogens is 1. The van der Waals surface area contributed by atoms with Crippen LogP contribution in [0, 0.1) is 0 Å². The van der Waals surface area contributed by atoms with Gasteiger partial charge >= 0.3 is 5.97 Å².